The van der Waals surface area contributed by atoms with Crippen molar-refractivity contribution < 1.29 is 4.74 Å². The summed E-state index contributed by atoms with van der Waals surface area (Å²) in [5.41, 5.74) is 2.19. The Kier molecular flexibility index (Phi) is 7.03. The predicted molar refractivity (Wildman–Crippen MR) is 106 cm³/mol. The number of ether oxygens (including phenoxy) is 1. The van der Waals surface area contributed by atoms with Crippen molar-refractivity contribution in [3.63, 3.8) is 0 Å². The van der Waals surface area contributed by atoms with Gasteiger partial charge in [0.1, 0.15) is 6.61 Å². The number of nitrogens with one attached hydrogen (secondary N) is 1. The summed E-state index contributed by atoms with van der Waals surface area (Å²) in [6.45, 7) is 1.25. The van der Waals surface area contributed by atoms with Crippen molar-refractivity contribution in [3.05, 3.63) is 63.6 Å². The first kappa shape index (κ1) is 18.6. The normalized spacial score (nSPS) is 15.8. The van der Waals surface area contributed by atoms with Crippen molar-refractivity contribution in [3.8, 4) is 5.75 Å². The zero-order chi connectivity index (χ0) is 17.5. The van der Waals surface area contributed by atoms with Crippen LogP contribution in [0.1, 0.15) is 49.7 Å². The third-order valence-corrected chi connectivity index (χ3v) is 5.30. The molecule has 1 aliphatic carbocycles. The second-order valence-corrected chi connectivity index (χ2v) is 7.55. The van der Waals surface area contributed by atoms with Gasteiger partial charge in [-0.25, -0.2) is 0 Å². The van der Waals surface area contributed by atoms with Crippen LogP contribution < -0.4 is 10.1 Å². The molecule has 0 radical (unpaired) electrons. The van der Waals surface area contributed by atoms with Crippen molar-refractivity contribution in [2.45, 2.75) is 57.7 Å². The van der Waals surface area contributed by atoms with Gasteiger partial charge in [-0.3, -0.25) is 0 Å². The largest absolute Gasteiger partial charge is 0.486 e. The number of hydrogen-bond acceptors (Lipinski definition) is 2. The molecule has 0 atom stereocenters. The van der Waals surface area contributed by atoms with E-state index < -0.39 is 0 Å². The summed E-state index contributed by atoms with van der Waals surface area (Å²) in [6, 6.07) is 14.5. The number of rotatable bonds is 6. The van der Waals surface area contributed by atoms with E-state index in [1.165, 1.54) is 38.5 Å². The highest BCUT2D eigenvalue weighted by molar-refractivity contribution is 6.37. The van der Waals surface area contributed by atoms with Crippen molar-refractivity contribution in [1.82, 2.24) is 5.32 Å². The van der Waals surface area contributed by atoms with Gasteiger partial charge in [0.15, 0.2) is 5.75 Å². The quantitative estimate of drug-likeness (QED) is 0.589. The molecule has 2 aromatic carbocycles. The molecule has 0 amide bonds. The maximum Gasteiger partial charge on any atom is 0.156 e. The Hall–Kier alpha value is -1.22. The summed E-state index contributed by atoms with van der Waals surface area (Å²) in [4.78, 5) is 0. The molecule has 0 bridgehead atoms. The molecule has 0 saturated heterocycles. The van der Waals surface area contributed by atoms with Crippen LogP contribution in [-0.4, -0.2) is 6.04 Å². The summed E-state index contributed by atoms with van der Waals surface area (Å²) in [7, 11) is 0. The molecule has 0 heterocycles. The third-order valence-electron chi connectivity index (χ3n) is 4.73. The van der Waals surface area contributed by atoms with Gasteiger partial charge in [-0.15, -0.1) is 0 Å². The molecule has 1 saturated carbocycles. The third kappa shape index (κ3) is 5.64. The smallest absolute Gasteiger partial charge is 0.156 e. The maximum atomic E-state index is 6.41. The van der Waals surface area contributed by atoms with E-state index in [1.807, 2.05) is 42.5 Å². The van der Waals surface area contributed by atoms with Gasteiger partial charge in [0.05, 0.1) is 10.0 Å². The van der Waals surface area contributed by atoms with E-state index in [9.17, 15) is 0 Å². The van der Waals surface area contributed by atoms with Crippen LogP contribution in [-0.2, 0) is 13.2 Å². The van der Waals surface area contributed by atoms with E-state index >= 15 is 0 Å². The highest BCUT2D eigenvalue weighted by Gasteiger charge is 2.14. The zero-order valence-electron chi connectivity index (χ0n) is 14.4. The fourth-order valence-corrected chi connectivity index (χ4v) is 3.97. The van der Waals surface area contributed by atoms with Crippen LogP contribution in [0.4, 0.5) is 0 Å². The van der Waals surface area contributed by atoms with Gasteiger partial charge >= 0.3 is 0 Å². The van der Waals surface area contributed by atoms with Crippen LogP contribution in [0.2, 0.25) is 10.0 Å². The van der Waals surface area contributed by atoms with E-state index in [-0.39, 0.29) is 0 Å². The first-order valence-corrected chi connectivity index (χ1v) is 9.86. The van der Waals surface area contributed by atoms with Crippen molar-refractivity contribution >= 4 is 23.2 Å². The van der Waals surface area contributed by atoms with Crippen molar-refractivity contribution in [2.24, 2.45) is 0 Å². The van der Waals surface area contributed by atoms with Crippen LogP contribution in [0.25, 0.3) is 0 Å². The lowest BCUT2D eigenvalue weighted by Gasteiger charge is -2.17. The van der Waals surface area contributed by atoms with Gasteiger partial charge in [0, 0.05) is 12.6 Å². The fourth-order valence-electron chi connectivity index (χ4n) is 3.33. The lowest BCUT2D eigenvalue weighted by Crippen LogP contribution is -2.27. The summed E-state index contributed by atoms with van der Waals surface area (Å²) in [5, 5.41) is 4.79. The summed E-state index contributed by atoms with van der Waals surface area (Å²) >= 11 is 12.8. The molecule has 1 fully saturated rings. The number of benzene rings is 2. The topological polar surface area (TPSA) is 21.3 Å². The van der Waals surface area contributed by atoms with Gasteiger partial charge in [-0.1, -0.05) is 79.2 Å². The molecule has 0 aliphatic heterocycles. The van der Waals surface area contributed by atoms with Crippen molar-refractivity contribution in [2.75, 3.05) is 0 Å². The fraction of sp³-hybridized carbons (Fsp3) is 0.429. The van der Waals surface area contributed by atoms with Crippen LogP contribution in [0.3, 0.4) is 0 Å². The first-order valence-electron chi connectivity index (χ1n) is 9.10. The first-order chi connectivity index (χ1) is 12.2. The molecule has 1 aliphatic rings. The average molecular weight is 378 g/mol. The van der Waals surface area contributed by atoms with E-state index in [1.54, 1.807) is 0 Å². The Morgan fingerprint density at radius 2 is 1.52 bits per heavy atom. The summed E-state index contributed by atoms with van der Waals surface area (Å²) in [6.07, 6.45) is 7.91. The highest BCUT2D eigenvalue weighted by atomic mass is 35.5. The lowest BCUT2D eigenvalue weighted by molar-refractivity contribution is 0.306. The van der Waals surface area contributed by atoms with E-state index in [4.69, 9.17) is 27.9 Å². The van der Waals surface area contributed by atoms with E-state index in [0.29, 0.717) is 28.4 Å². The number of hydrogen-bond donors (Lipinski definition) is 1. The molecule has 2 aromatic rings. The van der Waals surface area contributed by atoms with Gasteiger partial charge in [0.25, 0.3) is 0 Å². The summed E-state index contributed by atoms with van der Waals surface area (Å²) in [5.74, 6) is 0.561. The van der Waals surface area contributed by atoms with E-state index in [0.717, 1.165) is 17.7 Å². The monoisotopic (exact) mass is 377 g/mol. The van der Waals surface area contributed by atoms with Crippen LogP contribution in [0.15, 0.2) is 42.5 Å². The Balaban J connectivity index is 1.59. The molecule has 0 aromatic heterocycles. The Bertz CT molecular complexity index is 644. The Morgan fingerprint density at radius 1 is 0.880 bits per heavy atom. The minimum absolute atomic E-state index is 0.458. The molecule has 0 spiro atoms. The molecular weight excluding hydrogens is 353 g/mol. The van der Waals surface area contributed by atoms with Crippen LogP contribution >= 0.6 is 23.2 Å². The molecule has 2 nitrogen and oxygen atoms in total. The van der Waals surface area contributed by atoms with E-state index in [2.05, 4.69) is 5.32 Å². The molecular formula is C21H25Cl2NO. The van der Waals surface area contributed by atoms with Gasteiger partial charge in [-0.05, 0) is 36.1 Å². The zero-order valence-corrected chi connectivity index (χ0v) is 16.0. The minimum atomic E-state index is 0.458. The van der Waals surface area contributed by atoms with Crippen LogP contribution in [0, 0.1) is 0 Å². The molecule has 3 rings (SSSR count). The predicted octanol–water partition coefficient (Wildman–Crippen LogP) is 6.38. The molecule has 4 heteroatoms. The Morgan fingerprint density at radius 3 is 2.16 bits per heavy atom. The SMILES string of the molecule is Clc1cc(CNC2CCCCCC2)cc(Cl)c1OCc1ccccc1. The second kappa shape index (κ2) is 9.47. The highest BCUT2D eigenvalue weighted by Crippen LogP contribution is 2.35. The second-order valence-electron chi connectivity index (χ2n) is 6.73. The molecule has 0 unspecified atom stereocenters. The van der Waals surface area contributed by atoms with Gasteiger partial charge in [-0.2, -0.15) is 0 Å². The van der Waals surface area contributed by atoms with Crippen molar-refractivity contribution in [1.29, 1.82) is 0 Å². The summed E-state index contributed by atoms with van der Waals surface area (Å²) < 4.78 is 5.84. The average Bonchev–Trinajstić information content (AvgIpc) is 2.89. The minimum Gasteiger partial charge on any atom is -0.486 e. The Labute approximate surface area is 160 Å². The molecule has 1 N–H and O–H groups in total. The molecule has 134 valence electrons. The van der Waals surface area contributed by atoms with Crippen LogP contribution in [0.5, 0.6) is 5.75 Å². The maximum absolute atomic E-state index is 6.41. The number of halogens is 2. The molecule has 25 heavy (non-hydrogen) atoms. The lowest BCUT2D eigenvalue weighted by atomic mass is 10.1. The van der Waals surface area contributed by atoms with Gasteiger partial charge in [0.2, 0.25) is 0 Å². The van der Waals surface area contributed by atoms with Gasteiger partial charge < -0.3 is 10.1 Å². The standard InChI is InChI=1S/C21H25Cl2NO/c22-19-12-17(14-24-18-10-6-1-2-7-11-18)13-20(23)21(19)25-15-16-8-4-3-5-9-16/h3-5,8-9,12-13,18,24H,1-2,6-7,10-11,14-15H2.